The normalized spacial score (nSPS) is 16.3. The molecule has 2 aliphatic heterocycles. The van der Waals surface area contributed by atoms with Crippen molar-refractivity contribution in [3.8, 4) is 5.75 Å². The standard InChI is InChI=1S/C18H22N4O5/c1-2-26-18(25)21-9-7-13(8-10-21)19-20-16(23)11-22-14-5-3-4-6-15(14)27-12-17(22)24/h3-6H,2,7-12H2,1H3,(H,20,23). The molecule has 9 heteroatoms. The lowest BCUT2D eigenvalue weighted by Gasteiger charge is -2.28. The van der Waals surface area contributed by atoms with Gasteiger partial charge < -0.3 is 14.4 Å². The van der Waals surface area contributed by atoms with E-state index in [1.807, 2.05) is 6.07 Å². The van der Waals surface area contributed by atoms with Crippen molar-refractivity contribution in [2.75, 3.05) is 37.7 Å². The highest BCUT2D eigenvalue weighted by Gasteiger charge is 2.27. The number of piperidine rings is 1. The van der Waals surface area contributed by atoms with Gasteiger partial charge in [0.25, 0.3) is 11.8 Å². The zero-order valence-electron chi connectivity index (χ0n) is 15.1. The summed E-state index contributed by atoms with van der Waals surface area (Å²) in [5.41, 5.74) is 3.87. The first-order valence-corrected chi connectivity index (χ1v) is 8.86. The van der Waals surface area contributed by atoms with E-state index in [1.165, 1.54) is 4.90 Å². The average Bonchev–Trinajstić information content (AvgIpc) is 2.69. The molecule has 27 heavy (non-hydrogen) atoms. The van der Waals surface area contributed by atoms with Gasteiger partial charge in [-0.05, 0) is 19.1 Å². The van der Waals surface area contributed by atoms with Crippen LogP contribution in [0.15, 0.2) is 29.4 Å². The molecule has 2 heterocycles. The maximum atomic E-state index is 12.2. The molecule has 1 aromatic carbocycles. The minimum Gasteiger partial charge on any atom is -0.482 e. The Balaban J connectivity index is 1.53. The minimum atomic E-state index is -0.389. The maximum absolute atomic E-state index is 12.2. The number of ether oxygens (including phenoxy) is 2. The van der Waals surface area contributed by atoms with Gasteiger partial charge >= 0.3 is 6.09 Å². The van der Waals surface area contributed by atoms with Crippen molar-refractivity contribution in [1.29, 1.82) is 0 Å². The third kappa shape index (κ3) is 4.55. The number of fused-ring (bicyclic) bond motifs is 1. The zero-order valence-corrected chi connectivity index (χ0v) is 15.1. The van der Waals surface area contributed by atoms with E-state index in [2.05, 4.69) is 10.5 Å². The fourth-order valence-corrected chi connectivity index (χ4v) is 2.92. The summed E-state index contributed by atoms with van der Waals surface area (Å²) in [6.45, 7) is 2.89. The number of nitrogens with zero attached hydrogens (tertiary/aromatic N) is 3. The largest absolute Gasteiger partial charge is 0.482 e. The average molecular weight is 374 g/mol. The molecule has 0 aromatic heterocycles. The van der Waals surface area contributed by atoms with Crippen LogP contribution in [0.3, 0.4) is 0 Å². The van der Waals surface area contributed by atoms with Gasteiger partial charge in [0.1, 0.15) is 12.3 Å². The molecule has 0 aliphatic carbocycles. The van der Waals surface area contributed by atoms with Gasteiger partial charge in [-0.1, -0.05) is 12.1 Å². The van der Waals surface area contributed by atoms with E-state index in [1.54, 1.807) is 30.0 Å². The molecule has 3 amide bonds. The minimum absolute atomic E-state index is 0.0947. The SMILES string of the molecule is CCOC(=O)N1CCC(=NNC(=O)CN2C(=O)COc3ccccc32)CC1. The highest BCUT2D eigenvalue weighted by molar-refractivity contribution is 6.02. The molecule has 144 valence electrons. The Morgan fingerprint density at radius 3 is 2.74 bits per heavy atom. The van der Waals surface area contributed by atoms with Crippen molar-refractivity contribution < 1.29 is 23.9 Å². The zero-order chi connectivity index (χ0) is 19.2. The number of anilines is 1. The van der Waals surface area contributed by atoms with E-state index >= 15 is 0 Å². The number of rotatable bonds is 4. The van der Waals surface area contributed by atoms with Crippen LogP contribution >= 0.6 is 0 Å². The number of amides is 3. The molecule has 1 fully saturated rings. The molecule has 0 unspecified atom stereocenters. The Kier molecular flexibility index (Phi) is 5.90. The second-order valence-corrected chi connectivity index (χ2v) is 6.14. The summed E-state index contributed by atoms with van der Waals surface area (Å²) in [4.78, 5) is 39.0. The van der Waals surface area contributed by atoms with Crippen LogP contribution in [-0.2, 0) is 14.3 Å². The van der Waals surface area contributed by atoms with Gasteiger partial charge in [0.05, 0.1) is 12.3 Å². The summed E-state index contributed by atoms with van der Waals surface area (Å²) in [6, 6.07) is 7.08. The molecular weight excluding hydrogens is 352 g/mol. The number of hydrogen-bond donors (Lipinski definition) is 1. The van der Waals surface area contributed by atoms with Crippen LogP contribution in [-0.4, -0.2) is 61.4 Å². The lowest BCUT2D eigenvalue weighted by molar-refractivity contribution is -0.125. The van der Waals surface area contributed by atoms with Gasteiger partial charge in [-0.3, -0.25) is 14.5 Å². The molecule has 0 atom stereocenters. The molecule has 0 radical (unpaired) electrons. The van der Waals surface area contributed by atoms with Crippen molar-refractivity contribution in [3.63, 3.8) is 0 Å². The fraction of sp³-hybridized carbons (Fsp3) is 0.444. The fourth-order valence-electron chi connectivity index (χ4n) is 2.92. The predicted octanol–water partition coefficient (Wildman–Crippen LogP) is 1.14. The Morgan fingerprint density at radius 2 is 2.00 bits per heavy atom. The van der Waals surface area contributed by atoms with Crippen molar-refractivity contribution in [3.05, 3.63) is 24.3 Å². The second-order valence-electron chi connectivity index (χ2n) is 6.14. The van der Waals surface area contributed by atoms with Crippen molar-refractivity contribution in [1.82, 2.24) is 10.3 Å². The van der Waals surface area contributed by atoms with Crippen molar-refractivity contribution in [2.24, 2.45) is 5.10 Å². The number of carbonyl (C=O) groups is 3. The summed E-state index contributed by atoms with van der Waals surface area (Å²) in [5, 5.41) is 4.14. The molecule has 1 saturated heterocycles. The lowest BCUT2D eigenvalue weighted by atomic mass is 10.1. The summed E-state index contributed by atoms with van der Waals surface area (Å²) < 4.78 is 10.3. The molecule has 1 N–H and O–H groups in total. The number of likely N-dealkylation sites (tertiary alicyclic amines) is 1. The number of hydrazone groups is 1. The molecule has 0 spiro atoms. The topological polar surface area (TPSA) is 101 Å². The van der Waals surface area contributed by atoms with Crippen molar-refractivity contribution >= 4 is 29.3 Å². The first kappa shape index (κ1) is 18.7. The maximum Gasteiger partial charge on any atom is 0.409 e. The Labute approximate surface area is 156 Å². The Hall–Kier alpha value is -3.10. The smallest absolute Gasteiger partial charge is 0.409 e. The summed E-state index contributed by atoms with van der Waals surface area (Å²) >= 11 is 0. The predicted molar refractivity (Wildman–Crippen MR) is 97.7 cm³/mol. The van der Waals surface area contributed by atoms with Crippen LogP contribution < -0.4 is 15.1 Å². The van der Waals surface area contributed by atoms with E-state index in [0.717, 1.165) is 5.71 Å². The van der Waals surface area contributed by atoms with Gasteiger partial charge in [0.2, 0.25) is 0 Å². The summed E-state index contributed by atoms with van der Waals surface area (Å²) in [6.07, 6.45) is 0.807. The van der Waals surface area contributed by atoms with Gasteiger partial charge in [-0.25, -0.2) is 10.2 Å². The van der Waals surface area contributed by atoms with E-state index in [-0.39, 0.29) is 31.1 Å². The van der Waals surface area contributed by atoms with Gasteiger partial charge in [-0.15, -0.1) is 0 Å². The number of nitrogens with one attached hydrogen (secondary N) is 1. The lowest BCUT2D eigenvalue weighted by Crippen LogP contribution is -2.44. The Morgan fingerprint density at radius 1 is 1.26 bits per heavy atom. The molecule has 3 rings (SSSR count). The third-order valence-electron chi connectivity index (χ3n) is 4.32. The van der Waals surface area contributed by atoms with Gasteiger partial charge in [0, 0.05) is 31.6 Å². The van der Waals surface area contributed by atoms with E-state index in [9.17, 15) is 14.4 Å². The second kappa shape index (κ2) is 8.52. The van der Waals surface area contributed by atoms with E-state index in [0.29, 0.717) is 44.0 Å². The van der Waals surface area contributed by atoms with Gasteiger partial charge in [-0.2, -0.15) is 5.10 Å². The number of benzene rings is 1. The van der Waals surface area contributed by atoms with Crippen molar-refractivity contribution in [2.45, 2.75) is 19.8 Å². The summed E-state index contributed by atoms with van der Waals surface area (Å²) in [5.74, 6) is -0.0952. The third-order valence-corrected chi connectivity index (χ3v) is 4.32. The highest BCUT2D eigenvalue weighted by Crippen LogP contribution is 2.31. The monoisotopic (exact) mass is 374 g/mol. The Bertz CT molecular complexity index is 754. The molecule has 1 aromatic rings. The van der Waals surface area contributed by atoms with E-state index in [4.69, 9.17) is 9.47 Å². The highest BCUT2D eigenvalue weighted by atomic mass is 16.6. The number of para-hydroxylation sites is 2. The molecule has 0 bridgehead atoms. The van der Waals surface area contributed by atoms with Gasteiger partial charge in [0.15, 0.2) is 6.61 Å². The first-order valence-electron chi connectivity index (χ1n) is 8.86. The summed E-state index contributed by atoms with van der Waals surface area (Å²) in [7, 11) is 0. The molecule has 2 aliphatic rings. The van der Waals surface area contributed by atoms with Crippen LogP contribution in [0.25, 0.3) is 0 Å². The van der Waals surface area contributed by atoms with E-state index < -0.39 is 0 Å². The first-order chi connectivity index (χ1) is 13.1. The van der Waals surface area contributed by atoms with Crippen LogP contribution in [0.2, 0.25) is 0 Å². The van der Waals surface area contributed by atoms with Crippen LogP contribution in [0.4, 0.5) is 10.5 Å². The molecular formula is C18H22N4O5. The number of hydrogen-bond acceptors (Lipinski definition) is 6. The molecule has 9 nitrogen and oxygen atoms in total. The number of carbonyl (C=O) groups excluding carboxylic acids is 3. The quantitative estimate of drug-likeness (QED) is 0.797. The van der Waals surface area contributed by atoms with Crippen LogP contribution in [0.5, 0.6) is 5.75 Å². The van der Waals surface area contributed by atoms with Crippen LogP contribution in [0.1, 0.15) is 19.8 Å². The molecule has 0 saturated carbocycles. The van der Waals surface area contributed by atoms with Crippen LogP contribution in [0, 0.1) is 0 Å².